The highest BCUT2D eigenvalue weighted by Gasteiger charge is 2.31. The quantitative estimate of drug-likeness (QED) is 0.484. The Balaban J connectivity index is 1.67. The molecule has 0 radical (unpaired) electrons. The molecule has 1 amide bonds. The van der Waals surface area contributed by atoms with Crippen molar-refractivity contribution in [2.75, 3.05) is 10.2 Å². The van der Waals surface area contributed by atoms with Gasteiger partial charge in [0.25, 0.3) is 5.91 Å². The lowest BCUT2D eigenvalue weighted by Crippen LogP contribution is -2.36. The monoisotopic (exact) mass is 437 g/mol. The third kappa shape index (κ3) is 4.10. The average molecular weight is 437 g/mol. The summed E-state index contributed by atoms with van der Waals surface area (Å²) in [6.45, 7) is 6.01. The number of amides is 1. The van der Waals surface area contributed by atoms with Crippen molar-refractivity contribution >= 4 is 34.4 Å². The van der Waals surface area contributed by atoms with E-state index < -0.39 is 17.6 Å². The number of aliphatic imine (C=N–C) groups is 1. The number of halogens is 3. The zero-order chi connectivity index (χ0) is 23.0. The molecule has 0 spiro atoms. The molecular formula is C25H22F3N3O. The molecule has 3 aromatic carbocycles. The van der Waals surface area contributed by atoms with Crippen LogP contribution in [0.3, 0.4) is 0 Å². The Morgan fingerprint density at radius 2 is 1.72 bits per heavy atom. The highest BCUT2D eigenvalue weighted by atomic mass is 19.4. The van der Waals surface area contributed by atoms with Crippen molar-refractivity contribution < 1.29 is 18.0 Å². The molecule has 0 aliphatic carbocycles. The molecule has 7 heteroatoms. The second-order valence-electron chi connectivity index (χ2n) is 7.82. The number of fused-ring (bicyclic) bond motifs is 1. The average Bonchev–Trinajstić information content (AvgIpc) is 2.76. The highest BCUT2D eigenvalue weighted by Crippen LogP contribution is 2.41. The lowest BCUT2D eigenvalue weighted by atomic mass is 10.0. The molecule has 0 saturated heterocycles. The zero-order valence-electron chi connectivity index (χ0n) is 17.9. The van der Waals surface area contributed by atoms with Crippen molar-refractivity contribution in [3.8, 4) is 0 Å². The van der Waals surface area contributed by atoms with E-state index in [0.717, 1.165) is 40.5 Å². The third-order valence-electron chi connectivity index (χ3n) is 5.61. The van der Waals surface area contributed by atoms with Gasteiger partial charge in [-0.25, -0.2) is 0 Å². The standard InChI is InChI=1S/C25H22F3N3O/c1-15-11-12-20(30-24(32)18-7-6-8-19(13-18)25(26,27)28)14-23(15)31-17(3)16(2)29-21-9-4-5-10-22(21)31/h4-14,17H,1-3H3,(H,30,32). The first-order valence-electron chi connectivity index (χ1n) is 10.2. The maximum atomic E-state index is 13.0. The molecule has 0 aromatic heterocycles. The van der Waals surface area contributed by atoms with Crippen LogP contribution in [0.2, 0.25) is 0 Å². The molecule has 164 valence electrons. The predicted octanol–water partition coefficient (Wildman–Crippen LogP) is 6.90. The van der Waals surface area contributed by atoms with Crippen molar-refractivity contribution in [2.24, 2.45) is 4.99 Å². The first-order chi connectivity index (χ1) is 15.1. The Kier molecular flexibility index (Phi) is 5.50. The van der Waals surface area contributed by atoms with E-state index >= 15 is 0 Å². The second-order valence-corrected chi connectivity index (χ2v) is 7.82. The number of hydrogen-bond acceptors (Lipinski definition) is 3. The van der Waals surface area contributed by atoms with Crippen LogP contribution < -0.4 is 10.2 Å². The molecule has 0 fully saturated rings. The van der Waals surface area contributed by atoms with Gasteiger partial charge in [0.15, 0.2) is 0 Å². The van der Waals surface area contributed by atoms with E-state index in [-0.39, 0.29) is 11.6 Å². The summed E-state index contributed by atoms with van der Waals surface area (Å²) in [6.07, 6.45) is -4.51. The van der Waals surface area contributed by atoms with Crippen LogP contribution in [0.4, 0.5) is 35.9 Å². The van der Waals surface area contributed by atoms with Gasteiger partial charge in [0.1, 0.15) is 0 Å². The van der Waals surface area contributed by atoms with Crippen LogP contribution in [-0.2, 0) is 6.18 Å². The van der Waals surface area contributed by atoms with Crippen molar-refractivity contribution in [3.63, 3.8) is 0 Å². The lowest BCUT2D eigenvalue weighted by molar-refractivity contribution is -0.137. The van der Waals surface area contributed by atoms with Crippen LogP contribution in [0.5, 0.6) is 0 Å². The largest absolute Gasteiger partial charge is 0.416 e. The number of para-hydroxylation sites is 2. The van der Waals surface area contributed by atoms with E-state index in [1.165, 1.54) is 12.1 Å². The van der Waals surface area contributed by atoms with Crippen molar-refractivity contribution in [3.05, 3.63) is 83.4 Å². The van der Waals surface area contributed by atoms with E-state index in [2.05, 4.69) is 22.1 Å². The summed E-state index contributed by atoms with van der Waals surface area (Å²) in [5.41, 5.74) is 4.25. The van der Waals surface area contributed by atoms with Gasteiger partial charge >= 0.3 is 6.18 Å². The van der Waals surface area contributed by atoms with Gasteiger partial charge in [0.2, 0.25) is 0 Å². The van der Waals surface area contributed by atoms with E-state index in [1.807, 2.05) is 50.2 Å². The maximum Gasteiger partial charge on any atom is 0.416 e. The van der Waals surface area contributed by atoms with Gasteiger partial charge in [-0.2, -0.15) is 13.2 Å². The Labute approximate surface area is 184 Å². The number of rotatable bonds is 3. The molecule has 1 heterocycles. The third-order valence-corrected chi connectivity index (χ3v) is 5.61. The number of alkyl halides is 3. The number of nitrogens with one attached hydrogen (secondary N) is 1. The predicted molar refractivity (Wildman–Crippen MR) is 121 cm³/mol. The van der Waals surface area contributed by atoms with Crippen LogP contribution in [0.1, 0.15) is 35.3 Å². The molecule has 0 bridgehead atoms. The molecule has 4 rings (SSSR count). The lowest BCUT2D eigenvalue weighted by Gasteiger charge is -2.36. The molecule has 1 aliphatic rings. The molecule has 1 N–H and O–H groups in total. The minimum Gasteiger partial charge on any atom is -0.331 e. The van der Waals surface area contributed by atoms with Gasteiger partial charge in [0.05, 0.1) is 23.0 Å². The smallest absolute Gasteiger partial charge is 0.331 e. The van der Waals surface area contributed by atoms with Gasteiger partial charge in [-0.05, 0) is 68.8 Å². The molecule has 0 saturated carbocycles. The van der Waals surface area contributed by atoms with Crippen LogP contribution in [0.25, 0.3) is 0 Å². The molecule has 3 aromatic rings. The highest BCUT2D eigenvalue weighted by molar-refractivity contribution is 6.05. The minimum atomic E-state index is -4.51. The number of nitrogens with zero attached hydrogens (tertiary/aromatic N) is 2. The van der Waals surface area contributed by atoms with Crippen LogP contribution >= 0.6 is 0 Å². The van der Waals surface area contributed by atoms with E-state index in [4.69, 9.17) is 0 Å². The molecular weight excluding hydrogens is 415 g/mol. The maximum absolute atomic E-state index is 13.0. The summed E-state index contributed by atoms with van der Waals surface area (Å²) in [5.74, 6) is -0.601. The summed E-state index contributed by atoms with van der Waals surface area (Å²) in [5, 5.41) is 2.73. The molecule has 4 nitrogen and oxygen atoms in total. The van der Waals surface area contributed by atoms with Crippen molar-refractivity contribution in [2.45, 2.75) is 33.0 Å². The van der Waals surface area contributed by atoms with Gasteiger partial charge in [-0.15, -0.1) is 0 Å². The molecule has 1 unspecified atom stereocenters. The molecule has 1 aliphatic heterocycles. The van der Waals surface area contributed by atoms with Crippen LogP contribution in [0, 0.1) is 6.92 Å². The molecule has 32 heavy (non-hydrogen) atoms. The number of aryl methyl sites for hydroxylation is 1. The van der Waals surface area contributed by atoms with E-state index in [0.29, 0.717) is 5.69 Å². The number of benzene rings is 3. The first kappa shape index (κ1) is 21.6. The normalized spacial score (nSPS) is 15.8. The summed E-state index contributed by atoms with van der Waals surface area (Å²) in [4.78, 5) is 19.5. The molecule has 1 atom stereocenters. The topological polar surface area (TPSA) is 44.7 Å². The van der Waals surface area contributed by atoms with Crippen LogP contribution in [-0.4, -0.2) is 17.7 Å². The first-order valence-corrected chi connectivity index (χ1v) is 10.2. The SMILES string of the molecule is CC1=Nc2ccccc2N(c2cc(NC(=O)c3cccc(C(F)(F)F)c3)ccc2C)C1C. The fourth-order valence-corrected chi connectivity index (χ4v) is 3.77. The van der Waals surface area contributed by atoms with Crippen molar-refractivity contribution in [1.29, 1.82) is 0 Å². The Morgan fingerprint density at radius 1 is 0.969 bits per heavy atom. The van der Waals surface area contributed by atoms with E-state index in [9.17, 15) is 18.0 Å². The van der Waals surface area contributed by atoms with E-state index in [1.54, 1.807) is 6.07 Å². The van der Waals surface area contributed by atoms with Gasteiger partial charge in [0, 0.05) is 22.6 Å². The summed E-state index contributed by atoms with van der Waals surface area (Å²) in [6, 6.07) is 17.7. The summed E-state index contributed by atoms with van der Waals surface area (Å²) in [7, 11) is 0. The minimum absolute atomic E-state index is 0.00183. The fourth-order valence-electron chi connectivity index (χ4n) is 3.77. The number of carbonyl (C=O) groups is 1. The fraction of sp³-hybridized carbons (Fsp3) is 0.200. The number of carbonyl (C=O) groups excluding carboxylic acids is 1. The summed E-state index contributed by atoms with van der Waals surface area (Å²) >= 11 is 0. The zero-order valence-corrected chi connectivity index (χ0v) is 17.9. The van der Waals surface area contributed by atoms with Crippen LogP contribution in [0.15, 0.2) is 71.7 Å². The Hall–Kier alpha value is -3.61. The summed E-state index contributed by atoms with van der Waals surface area (Å²) < 4.78 is 39.0. The van der Waals surface area contributed by atoms with Gasteiger partial charge < -0.3 is 10.2 Å². The Morgan fingerprint density at radius 3 is 2.47 bits per heavy atom. The number of hydrogen-bond donors (Lipinski definition) is 1. The second kappa shape index (κ2) is 8.15. The van der Waals surface area contributed by atoms with Gasteiger partial charge in [-0.3, -0.25) is 9.79 Å². The Bertz CT molecular complexity index is 1220. The van der Waals surface area contributed by atoms with Gasteiger partial charge in [-0.1, -0.05) is 24.3 Å². The van der Waals surface area contributed by atoms with Crippen molar-refractivity contribution in [1.82, 2.24) is 0 Å². The number of anilines is 3.